The molecule has 2 atom stereocenters. The number of carbonyl (C=O) groups is 3. The molecule has 0 saturated carbocycles. The van der Waals surface area contributed by atoms with Crippen molar-refractivity contribution in [1.82, 2.24) is 0 Å². The fraction of sp³-hybridized carbons (Fsp3) is 0.653. The summed E-state index contributed by atoms with van der Waals surface area (Å²) in [5, 5.41) is 11.6. The van der Waals surface area contributed by atoms with Crippen LogP contribution < -0.4 is 5.11 Å². The molecule has 0 amide bonds. The number of hydrogen-bond acceptors (Lipinski definition) is 7. The van der Waals surface area contributed by atoms with E-state index in [-0.39, 0.29) is 49.1 Å². The quantitative estimate of drug-likeness (QED) is 0.0265. The van der Waals surface area contributed by atoms with E-state index in [4.69, 9.17) is 14.2 Å². The van der Waals surface area contributed by atoms with Crippen LogP contribution >= 0.6 is 0 Å². The van der Waals surface area contributed by atoms with Crippen LogP contribution in [0.4, 0.5) is 0 Å². The van der Waals surface area contributed by atoms with Crippen molar-refractivity contribution in [2.24, 2.45) is 0 Å². The van der Waals surface area contributed by atoms with Gasteiger partial charge < -0.3 is 28.6 Å². The van der Waals surface area contributed by atoms with Gasteiger partial charge in [0.25, 0.3) is 0 Å². The molecular weight excluding hydrogens is 715 g/mol. The Bertz CT molecular complexity index is 1200. The predicted octanol–water partition coefficient (Wildman–Crippen LogP) is 10.8. The first-order valence-corrected chi connectivity index (χ1v) is 22.1. The number of carboxylic acids is 1. The highest BCUT2D eigenvalue weighted by Crippen LogP contribution is 2.12. The number of allylic oxidation sites excluding steroid dienone is 14. The molecule has 0 aliphatic carbocycles. The molecule has 8 nitrogen and oxygen atoms in total. The maximum absolute atomic E-state index is 12.7. The Kier molecular flexibility index (Phi) is 36.9. The van der Waals surface area contributed by atoms with E-state index in [1.807, 2.05) is 0 Å². The molecule has 0 aromatic heterocycles. The normalized spacial score (nSPS) is 13.8. The maximum atomic E-state index is 12.7. The molecule has 0 radical (unpaired) electrons. The first-order chi connectivity index (χ1) is 27.6. The molecule has 0 aromatic rings. The minimum absolute atomic E-state index is 0.00956. The van der Waals surface area contributed by atoms with Crippen molar-refractivity contribution < 1.29 is 38.2 Å². The molecule has 0 spiro atoms. The Morgan fingerprint density at radius 3 is 1.51 bits per heavy atom. The number of ether oxygens (including phenoxy) is 3. The summed E-state index contributed by atoms with van der Waals surface area (Å²) in [6.07, 6.45) is 50.4. The number of nitrogens with zero attached hydrogens (tertiary/aromatic N) is 1. The van der Waals surface area contributed by atoms with Gasteiger partial charge in [-0.15, -0.1) is 0 Å². The molecule has 8 heteroatoms. The zero-order valence-electron chi connectivity index (χ0n) is 36.7. The number of hydrogen-bond donors (Lipinski definition) is 0. The molecule has 0 aliphatic rings. The molecule has 0 fully saturated rings. The highest BCUT2D eigenvalue weighted by Gasteiger charge is 2.25. The topological polar surface area (TPSA) is 102 Å². The lowest BCUT2D eigenvalue weighted by molar-refractivity contribution is -0.889. The van der Waals surface area contributed by atoms with Gasteiger partial charge in [-0.05, 0) is 83.5 Å². The highest BCUT2D eigenvalue weighted by molar-refractivity contribution is 5.70. The van der Waals surface area contributed by atoms with Gasteiger partial charge in [0.05, 0.1) is 40.3 Å². The Hall–Kier alpha value is -3.49. The van der Waals surface area contributed by atoms with Crippen LogP contribution in [0, 0.1) is 0 Å². The monoisotopic (exact) mass is 796 g/mol. The summed E-state index contributed by atoms with van der Waals surface area (Å²) < 4.78 is 17.1. The number of carbonyl (C=O) groups excluding carboxylic acids is 3. The van der Waals surface area contributed by atoms with Gasteiger partial charge in [-0.1, -0.05) is 137 Å². The Morgan fingerprint density at radius 2 is 1.00 bits per heavy atom. The second-order valence-corrected chi connectivity index (χ2v) is 15.5. The van der Waals surface area contributed by atoms with Crippen LogP contribution in [0.25, 0.3) is 0 Å². The molecule has 0 N–H and O–H groups in total. The largest absolute Gasteiger partial charge is 0.544 e. The maximum Gasteiger partial charge on any atom is 0.306 e. The number of unbranched alkanes of at least 4 members (excludes halogenated alkanes) is 10. The zero-order valence-corrected chi connectivity index (χ0v) is 36.7. The zero-order chi connectivity index (χ0) is 42.1. The van der Waals surface area contributed by atoms with Crippen LogP contribution in [-0.2, 0) is 28.6 Å². The molecule has 0 rings (SSSR count). The number of carboxylic acid groups (broad SMARTS) is 1. The number of aliphatic carboxylic acids is 1. The summed E-state index contributed by atoms with van der Waals surface area (Å²) in [6, 6.07) is -0.742. The van der Waals surface area contributed by atoms with Gasteiger partial charge in [0, 0.05) is 19.3 Å². The van der Waals surface area contributed by atoms with Crippen LogP contribution in [0.2, 0.25) is 0 Å². The molecular formula is C49H81NO7. The lowest BCUT2D eigenvalue weighted by Gasteiger charge is -2.34. The first-order valence-electron chi connectivity index (χ1n) is 22.1. The van der Waals surface area contributed by atoms with Crippen molar-refractivity contribution in [3.8, 4) is 0 Å². The van der Waals surface area contributed by atoms with Crippen molar-refractivity contribution in [1.29, 1.82) is 0 Å². The first kappa shape index (κ1) is 53.5. The van der Waals surface area contributed by atoms with Crippen molar-refractivity contribution in [2.75, 3.05) is 41.0 Å². The van der Waals surface area contributed by atoms with Crippen LogP contribution in [-0.4, -0.2) is 75.5 Å². The Labute approximate surface area is 348 Å². The van der Waals surface area contributed by atoms with Crippen LogP contribution in [0.3, 0.4) is 0 Å². The number of esters is 2. The lowest BCUT2D eigenvalue weighted by Crippen LogP contribution is -2.55. The molecule has 0 heterocycles. The van der Waals surface area contributed by atoms with Gasteiger partial charge in [0.15, 0.2) is 6.10 Å². The smallest absolute Gasteiger partial charge is 0.306 e. The Balaban J connectivity index is 4.48. The number of quaternary nitrogens is 1. The van der Waals surface area contributed by atoms with Crippen molar-refractivity contribution >= 4 is 17.9 Å². The predicted molar refractivity (Wildman–Crippen MR) is 235 cm³/mol. The summed E-state index contributed by atoms with van der Waals surface area (Å²) in [6.45, 7) is 4.43. The number of likely N-dealkylation sites (N-methyl/N-ethyl adjacent to an activating group) is 1. The summed E-state index contributed by atoms with van der Waals surface area (Å²) in [4.78, 5) is 36.8. The van der Waals surface area contributed by atoms with E-state index < -0.39 is 18.1 Å². The molecule has 0 saturated heterocycles. The van der Waals surface area contributed by atoms with E-state index in [0.29, 0.717) is 12.8 Å². The van der Waals surface area contributed by atoms with Gasteiger partial charge >= 0.3 is 11.9 Å². The molecule has 0 bridgehead atoms. The Morgan fingerprint density at radius 1 is 0.544 bits per heavy atom. The van der Waals surface area contributed by atoms with E-state index in [1.165, 1.54) is 38.5 Å². The molecule has 0 aliphatic heterocycles. The summed E-state index contributed by atoms with van der Waals surface area (Å²) >= 11 is 0. The van der Waals surface area contributed by atoms with Crippen LogP contribution in [0.5, 0.6) is 0 Å². The lowest BCUT2D eigenvalue weighted by atomic mass is 10.1. The van der Waals surface area contributed by atoms with Gasteiger partial charge in [0.1, 0.15) is 12.6 Å². The summed E-state index contributed by atoms with van der Waals surface area (Å²) in [5.41, 5.74) is 0. The fourth-order valence-electron chi connectivity index (χ4n) is 5.84. The molecule has 0 aromatic carbocycles. The summed E-state index contributed by atoms with van der Waals surface area (Å²) in [7, 11) is 5.37. The van der Waals surface area contributed by atoms with E-state index in [1.54, 1.807) is 21.1 Å². The third-order valence-electron chi connectivity index (χ3n) is 9.27. The van der Waals surface area contributed by atoms with Crippen LogP contribution in [0.15, 0.2) is 85.1 Å². The average molecular weight is 796 g/mol. The molecule has 324 valence electrons. The highest BCUT2D eigenvalue weighted by atomic mass is 16.6. The minimum Gasteiger partial charge on any atom is -0.544 e. The molecule has 2 unspecified atom stereocenters. The van der Waals surface area contributed by atoms with Crippen molar-refractivity contribution in [3.05, 3.63) is 85.1 Å². The minimum atomic E-state index is -1.14. The SMILES string of the molecule is CC/C=C/C/C=C/C/C=C/CCCCCCCCC(=O)OCC(COCCC(C(=O)[O-])[N+](C)(C)C)OC(=O)CCC/C=C/C/C=C/C/C=C/C/C=C/CCCCC. The van der Waals surface area contributed by atoms with Gasteiger partial charge in [-0.25, -0.2) is 0 Å². The molecule has 57 heavy (non-hydrogen) atoms. The van der Waals surface area contributed by atoms with Crippen molar-refractivity contribution in [3.63, 3.8) is 0 Å². The van der Waals surface area contributed by atoms with Crippen molar-refractivity contribution in [2.45, 2.75) is 167 Å². The van der Waals surface area contributed by atoms with E-state index in [0.717, 1.165) is 77.0 Å². The van der Waals surface area contributed by atoms with E-state index in [9.17, 15) is 19.5 Å². The number of rotatable bonds is 38. The fourth-order valence-corrected chi connectivity index (χ4v) is 5.84. The summed E-state index contributed by atoms with van der Waals surface area (Å²) in [5.74, 6) is -1.84. The van der Waals surface area contributed by atoms with Gasteiger partial charge in [0.2, 0.25) is 0 Å². The van der Waals surface area contributed by atoms with E-state index in [2.05, 4.69) is 98.9 Å². The second-order valence-electron chi connectivity index (χ2n) is 15.5. The second kappa shape index (κ2) is 39.3. The average Bonchev–Trinajstić information content (AvgIpc) is 3.17. The standard InChI is InChI=1S/C49H81NO7/c1-6-8-10-12-14-16-18-20-22-24-26-28-30-32-34-36-38-40-48(52)57-45(43-55-42-41-46(49(53)54)50(3,4)5)44-56-47(51)39-37-35-33-31-29-27-25-23-21-19-17-15-13-11-9-7-2/h9,11,14-17,20-23,26,28,32,34,45-46H,6-8,10,12-13,18-19,24-25,27,29-31,33,35-44H2,1-5H3/b11-9+,16-14+,17-15+,22-20+,23-21+,28-26+,34-32+. The van der Waals surface area contributed by atoms with Gasteiger partial charge in [-0.2, -0.15) is 0 Å². The van der Waals surface area contributed by atoms with E-state index >= 15 is 0 Å². The van der Waals surface area contributed by atoms with Gasteiger partial charge in [-0.3, -0.25) is 9.59 Å². The third-order valence-corrected chi connectivity index (χ3v) is 9.27. The third kappa shape index (κ3) is 37.8. The van der Waals surface area contributed by atoms with Crippen LogP contribution in [0.1, 0.15) is 155 Å².